The Balaban J connectivity index is 3.14. The lowest BCUT2D eigenvalue weighted by atomic mass is 10.1. The topological polar surface area (TPSA) is 27.7 Å². The van der Waals surface area contributed by atoms with Gasteiger partial charge in [-0.2, -0.15) is 0 Å². The van der Waals surface area contributed by atoms with E-state index in [1.807, 2.05) is 0 Å². The van der Waals surface area contributed by atoms with E-state index >= 15 is 0 Å². The van der Waals surface area contributed by atoms with Crippen molar-refractivity contribution >= 4 is 15.9 Å². The Bertz CT molecular complexity index is 353. The number of hydrogen-bond acceptors (Lipinski definition) is 3. The van der Waals surface area contributed by atoms with Crippen LogP contribution in [0.4, 0.5) is 4.39 Å². The molecule has 16 heavy (non-hydrogen) atoms. The van der Waals surface area contributed by atoms with E-state index in [9.17, 15) is 4.39 Å². The highest BCUT2D eigenvalue weighted by molar-refractivity contribution is 9.10. The van der Waals surface area contributed by atoms with Crippen molar-refractivity contribution in [2.45, 2.75) is 5.79 Å². The fraction of sp³-hybridized carbons (Fsp3) is 0.455. The van der Waals surface area contributed by atoms with Gasteiger partial charge in [-0.05, 0) is 28.1 Å². The van der Waals surface area contributed by atoms with Gasteiger partial charge in [0.2, 0.25) is 5.79 Å². The Labute approximate surface area is 103 Å². The minimum atomic E-state index is -1.07. The minimum Gasteiger partial charge on any atom is -0.379 e. The quantitative estimate of drug-likeness (QED) is 0.781. The second-order valence-electron chi connectivity index (χ2n) is 3.22. The van der Waals surface area contributed by atoms with Crippen LogP contribution in [0.1, 0.15) is 5.56 Å². The van der Waals surface area contributed by atoms with Crippen molar-refractivity contribution in [3.05, 3.63) is 34.1 Å². The molecule has 1 rings (SSSR count). The van der Waals surface area contributed by atoms with Crippen molar-refractivity contribution in [1.29, 1.82) is 0 Å². The molecule has 0 spiro atoms. The third kappa shape index (κ3) is 2.60. The van der Waals surface area contributed by atoms with Crippen LogP contribution in [0, 0.1) is 5.82 Å². The molecule has 0 aliphatic carbocycles. The molecule has 0 fully saturated rings. The van der Waals surface area contributed by atoms with Gasteiger partial charge < -0.3 is 14.2 Å². The van der Waals surface area contributed by atoms with Crippen LogP contribution in [-0.2, 0) is 20.0 Å². The van der Waals surface area contributed by atoms with E-state index in [1.165, 1.54) is 27.4 Å². The Hall–Kier alpha value is -0.490. The second kappa shape index (κ2) is 5.72. The van der Waals surface area contributed by atoms with Crippen molar-refractivity contribution in [3.8, 4) is 0 Å². The normalized spacial score (nSPS) is 11.8. The zero-order chi connectivity index (χ0) is 12.2. The maximum atomic E-state index is 13.4. The van der Waals surface area contributed by atoms with Gasteiger partial charge >= 0.3 is 0 Å². The molecule has 0 saturated carbocycles. The van der Waals surface area contributed by atoms with Gasteiger partial charge in [0.05, 0.1) is 4.47 Å². The van der Waals surface area contributed by atoms with Gasteiger partial charge in [-0.15, -0.1) is 0 Å². The van der Waals surface area contributed by atoms with E-state index in [2.05, 4.69) is 15.9 Å². The standard InChI is InChI=1S/C11H14BrFO3/c1-14-7-11(15-2,16-3)8-4-5-9(12)10(13)6-8/h4-6H,7H2,1-3H3. The van der Waals surface area contributed by atoms with Crippen molar-refractivity contribution in [1.82, 2.24) is 0 Å². The molecule has 1 aromatic rings. The fourth-order valence-corrected chi connectivity index (χ4v) is 1.69. The van der Waals surface area contributed by atoms with Crippen LogP contribution in [0.3, 0.4) is 0 Å². The third-order valence-electron chi connectivity index (χ3n) is 2.35. The summed E-state index contributed by atoms with van der Waals surface area (Å²) >= 11 is 3.09. The number of benzene rings is 1. The molecule has 5 heteroatoms. The molecule has 1 aromatic carbocycles. The molecule has 0 N–H and O–H groups in total. The first-order valence-electron chi connectivity index (χ1n) is 4.64. The molecule has 0 aromatic heterocycles. The van der Waals surface area contributed by atoms with Gasteiger partial charge in [-0.25, -0.2) is 4.39 Å². The number of ether oxygens (including phenoxy) is 3. The first kappa shape index (κ1) is 13.6. The van der Waals surface area contributed by atoms with Crippen molar-refractivity contribution in [3.63, 3.8) is 0 Å². The molecular formula is C11H14BrFO3. The highest BCUT2D eigenvalue weighted by Gasteiger charge is 2.32. The first-order valence-corrected chi connectivity index (χ1v) is 5.43. The summed E-state index contributed by atoms with van der Waals surface area (Å²) in [6, 6.07) is 4.68. The van der Waals surface area contributed by atoms with E-state index in [4.69, 9.17) is 14.2 Å². The summed E-state index contributed by atoms with van der Waals surface area (Å²) < 4.78 is 29.4. The summed E-state index contributed by atoms with van der Waals surface area (Å²) in [6.45, 7) is 0.182. The average Bonchev–Trinajstić information content (AvgIpc) is 2.30. The minimum absolute atomic E-state index is 0.182. The molecule has 0 radical (unpaired) electrons. The Morgan fingerprint density at radius 2 is 1.88 bits per heavy atom. The molecule has 0 heterocycles. The van der Waals surface area contributed by atoms with E-state index in [0.717, 1.165) is 0 Å². The summed E-state index contributed by atoms with van der Waals surface area (Å²) in [6.07, 6.45) is 0. The summed E-state index contributed by atoms with van der Waals surface area (Å²) in [5.74, 6) is -1.44. The molecular weight excluding hydrogens is 279 g/mol. The molecule has 0 unspecified atom stereocenters. The lowest BCUT2D eigenvalue weighted by Gasteiger charge is -2.30. The highest BCUT2D eigenvalue weighted by Crippen LogP contribution is 2.29. The van der Waals surface area contributed by atoms with Gasteiger partial charge in [0.25, 0.3) is 0 Å². The largest absolute Gasteiger partial charge is 0.379 e. The van der Waals surface area contributed by atoms with Gasteiger partial charge in [-0.3, -0.25) is 0 Å². The van der Waals surface area contributed by atoms with Crippen LogP contribution in [0.2, 0.25) is 0 Å². The molecule has 0 aliphatic heterocycles. The second-order valence-corrected chi connectivity index (χ2v) is 4.08. The lowest BCUT2D eigenvalue weighted by molar-refractivity contribution is -0.240. The Morgan fingerprint density at radius 3 is 2.31 bits per heavy atom. The lowest BCUT2D eigenvalue weighted by Crippen LogP contribution is -2.35. The molecule has 0 bridgehead atoms. The smallest absolute Gasteiger partial charge is 0.218 e. The first-order chi connectivity index (χ1) is 7.59. The van der Waals surface area contributed by atoms with Crippen LogP contribution in [0.5, 0.6) is 0 Å². The van der Waals surface area contributed by atoms with Crippen LogP contribution in [0.25, 0.3) is 0 Å². The van der Waals surface area contributed by atoms with Gasteiger partial charge in [0.15, 0.2) is 0 Å². The SMILES string of the molecule is COCC(OC)(OC)c1ccc(Br)c(F)c1. The molecule has 0 amide bonds. The van der Waals surface area contributed by atoms with E-state index in [0.29, 0.717) is 10.0 Å². The maximum Gasteiger partial charge on any atom is 0.218 e. The van der Waals surface area contributed by atoms with Crippen LogP contribution < -0.4 is 0 Å². The number of hydrogen-bond donors (Lipinski definition) is 0. The monoisotopic (exact) mass is 292 g/mol. The predicted octanol–water partition coefficient (Wildman–Crippen LogP) is 2.68. The van der Waals surface area contributed by atoms with Crippen LogP contribution >= 0.6 is 15.9 Å². The average molecular weight is 293 g/mol. The fourth-order valence-electron chi connectivity index (χ4n) is 1.44. The molecule has 3 nitrogen and oxygen atoms in total. The number of rotatable bonds is 5. The molecule has 0 saturated heterocycles. The summed E-state index contributed by atoms with van der Waals surface area (Å²) in [7, 11) is 4.51. The summed E-state index contributed by atoms with van der Waals surface area (Å²) in [5, 5.41) is 0. The summed E-state index contributed by atoms with van der Waals surface area (Å²) in [5.41, 5.74) is 0.569. The van der Waals surface area contributed by atoms with E-state index in [-0.39, 0.29) is 12.4 Å². The maximum absolute atomic E-state index is 13.4. The molecule has 0 atom stereocenters. The molecule has 90 valence electrons. The summed E-state index contributed by atoms with van der Waals surface area (Å²) in [4.78, 5) is 0. The zero-order valence-electron chi connectivity index (χ0n) is 9.42. The van der Waals surface area contributed by atoms with Crippen molar-refractivity contribution in [2.75, 3.05) is 27.9 Å². The number of halogens is 2. The van der Waals surface area contributed by atoms with Gasteiger partial charge in [0.1, 0.15) is 12.4 Å². The van der Waals surface area contributed by atoms with E-state index in [1.54, 1.807) is 12.1 Å². The predicted molar refractivity (Wildman–Crippen MR) is 61.7 cm³/mol. The Morgan fingerprint density at radius 1 is 1.25 bits per heavy atom. The zero-order valence-corrected chi connectivity index (χ0v) is 11.0. The van der Waals surface area contributed by atoms with Gasteiger partial charge in [0, 0.05) is 26.9 Å². The van der Waals surface area contributed by atoms with Crippen LogP contribution in [-0.4, -0.2) is 27.9 Å². The van der Waals surface area contributed by atoms with E-state index < -0.39 is 5.79 Å². The van der Waals surface area contributed by atoms with Gasteiger partial charge in [-0.1, -0.05) is 6.07 Å². The number of methoxy groups -OCH3 is 3. The molecule has 0 aliphatic rings. The third-order valence-corrected chi connectivity index (χ3v) is 3.00. The van der Waals surface area contributed by atoms with Crippen LogP contribution in [0.15, 0.2) is 22.7 Å². The van der Waals surface area contributed by atoms with Crippen molar-refractivity contribution in [2.24, 2.45) is 0 Å². The Kier molecular flexibility index (Phi) is 4.86. The highest BCUT2D eigenvalue weighted by atomic mass is 79.9. The van der Waals surface area contributed by atoms with Crippen molar-refractivity contribution < 1.29 is 18.6 Å².